The molecule has 7 heteroatoms. The molecule has 0 atom stereocenters. The van der Waals surface area contributed by atoms with Crippen LogP contribution in [0.25, 0.3) is 16.8 Å². The van der Waals surface area contributed by atoms with Crippen LogP contribution in [-0.4, -0.2) is 15.8 Å². The fourth-order valence-corrected chi connectivity index (χ4v) is 2.97. The number of para-hydroxylation sites is 2. The number of aromatic amines is 1. The first-order valence-corrected chi connectivity index (χ1v) is 8.72. The van der Waals surface area contributed by atoms with E-state index in [0.717, 1.165) is 0 Å². The van der Waals surface area contributed by atoms with Crippen molar-refractivity contribution in [3.63, 3.8) is 0 Å². The fraction of sp³-hybridized carbons (Fsp3) is 0.0455. The highest BCUT2D eigenvalue weighted by atomic mass is 19.3. The van der Waals surface area contributed by atoms with Crippen LogP contribution >= 0.6 is 0 Å². The van der Waals surface area contributed by atoms with Crippen molar-refractivity contribution in [3.05, 3.63) is 91.0 Å². The van der Waals surface area contributed by atoms with Crippen LogP contribution in [0.3, 0.4) is 0 Å². The summed E-state index contributed by atoms with van der Waals surface area (Å²) in [5, 5.41) is 8.93. The van der Waals surface area contributed by atoms with Crippen LogP contribution in [0.2, 0.25) is 0 Å². The van der Waals surface area contributed by atoms with Gasteiger partial charge in [0.1, 0.15) is 6.07 Å². The molecule has 0 radical (unpaired) electrons. The molecule has 3 heterocycles. The zero-order chi connectivity index (χ0) is 20.3. The van der Waals surface area contributed by atoms with Crippen LogP contribution in [0.1, 0.15) is 5.56 Å². The van der Waals surface area contributed by atoms with Gasteiger partial charge in [0.25, 0.3) is 0 Å². The summed E-state index contributed by atoms with van der Waals surface area (Å²) in [4.78, 5) is 2.75. The molecule has 144 valence electrons. The molecule has 0 unspecified atom stereocenters. The van der Waals surface area contributed by atoms with E-state index in [-0.39, 0.29) is 11.5 Å². The van der Waals surface area contributed by atoms with Crippen molar-refractivity contribution in [3.8, 4) is 34.4 Å². The zero-order valence-electron chi connectivity index (χ0n) is 15.0. The third-order valence-corrected chi connectivity index (χ3v) is 4.24. The van der Waals surface area contributed by atoms with Gasteiger partial charge in [-0.25, -0.2) is 0 Å². The third kappa shape index (κ3) is 3.82. The molecule has 0 saturated carbocycles. The predicted molar refractivity (Wildman–Crippen MR) is 103 cm³/mol. The van der Waals surface area contributed by atoms with Crippen LogP contribution in [0, 0.1) is 11.3 Å². The molecule has 2 aromatic carbocycles. The number of ether oxygens (including phenoxy) is 2. The maximum Gasteiger partial charge on any atom is 0.586 e. The minimum absolute atomic E-state index is 0.0393. The monoisotopic (exact) mass is 391 g/mol. The van der Waals surface area contributed by atoms with Crippen molar-refractivity contribution in [1.29, 1.82) is 5.26 Å². The van der Waals surface area contributed by atoms with Crippen molar-refractivity contribution in [2.24, 2.45) is 0 Å². The summed E-state index contributed by atoms with van der Waals surface area (Å²) >= 11 is 0. The number of rotatable bonds is 2. The number of nitrogens with zero attached hydrogens (tertiary/aromatic N) is 2. The number of nitriles is 1. The quantitative estimate of drug-likeness (QED) is 0.501. The van der Waals surface area contributed by atoms with Gasteiger partial charge in [-0.1, -0.05) is 30.3 Å². The topological polar surface area (TPSA) is 63.0 Å². The van der Waals surface area contributed by atoms with Gasteiger partial charge in [0.2, 0.25) is 0 Å². The lowest BCUT2D eigenvalue weighted by molar-refractivity contribution is -0.286. The number of aromatic nitrogens is 2. The first-order chi connectivity index (χ1) is 14.1. The molecular formula is C22H15F2N3O2. The van der Waals surface area contributed by atoms with Gasteiger partial charge < -0.3 is 19.0 Å². The number of fused-ring (bicyclic) bond motifs is 1. The maximum atomic E-state index is 13.0. The number of halogens is 2. The van der Waals surface area contributed by atoms with Crippen molar-refractivity contribution in [2.75, 3.05) is 0 Å². The van der Waals surface area contributed by atoms with Gasteiger partial charge in [0.05, 0.1) is 5.56 Å². The van der Waals surface area contributed by atoms with Crippen LogP contribution < -0.4 is 9.47 Å². The molecule has 5 nitrogen and oxygen atoms in total. The molecule has 0 amide bonds. The van der Waals surface area contributed by atoms with E-state index in [2.05, 4.69) is 31.2 Å². The van der Waals surface area contributed by atoms with E-state index in [1.54, 1.807) is 18.3 Å². The Bertz CT molecular complexity index is 1150. The number of hydrogen-bond donors (Lipinski definition) is 1. The normalized spacial score (nSPS) is 13.3. The van der Waals surface area contributed by atoms with Gasteiger partial charge in [-0.15, -0.1) is 8.78 Å². The number of hydrogen-bond acceptors (Lipinski definition) is 3. The first-order valence-electron chi connectivity index (χ1n) is 8.72. The average Bonchev–Trinajstić information content (AvgIpc) is 3.47. The summed E-state index contributed by atoms with van der Waals surface area (Å²) in [7, 11) is 0. The van der Waals surface area contributed by atoms with Gasteiger partial charge in [-0.3, -0.25) is 0 Å². The molecule has 0 saturated heterocycles. The van der Waals surface area contributed by atoms with E-state index in [9.17, 15) is 8.78 Å². The summed E-state index contributed by atoms with van der Waals surface area (Å²) in [6.45, 7) is 0. The lowest BCUT2D eigenvalue weighted by Crippen LogP contribution is -2.26. The molecule has 2 aromatic heterocycles. The van der Waals surface area contributed by atoms with Crippen molar-refractivity contribution in [2.45, 2.75) is 6.29 Å². The van der Waals surface area contributed by atoms with E-state index < -0.39 is 6.29 Å². The summed E-state index contributed by atoms with van der Waals surface area (Å²) in [6, 6.07) is 20.8. The predicted octanol–water partition coefficient (Wildman–Crippen LogP) is 5.35. The van der Waals surface area contributed by atoms with Crippen molar-refractivity contribution in [1.82, 2.24) is 9.55 Å². The zero-order valence-corrected chi connectivity index (χ0v) is 15.0. The summed E-state index contributed by atoms with van der Waals surface area (Å²) < 4.78 is 37.0. The molecule has 5 rings (SSSR count). The van der Waals surface area contributed by atoms with E-state index in [0.29, 0.717) is 16.7 Å². The summed E-state index contributed by atoms with van der Waals surface area (Å²) in [6.07, 6.45) is 3.45. The Balaban J connectivity index is 0.000000159. The number of H-pyrrole nitrogens is 1. The van der Waals surface area contributed by atoms with Crippen molar-refractivity contribution < 1.29 is 18.3 Å². The Hall–Kier alpha value is -4.05. The standard InChI is InChI=1S/C12H6F2N2O2.C10H9N/c13-12(14)17-10-3-1-2-8(11(10)18-12)9-6-16-5-7(9)4-15;1-2-6-10(7-3-1)11-8-4-5-9-11/h1-3,5-6,16H;1-9H. The highest BCUT2D eigenvalue weighted by molar-refractivity contribution is 5.78. The summed E-state index contributed by atoms with van der Waals surface area (Å²) in [5.74, 6) is -0.0961. The Kier molecular flexibility index (Phi) is 4.75. The van der Waals surface area contributed by atoms with Gasteiger partial charge >= 0.3 is 6.29 Å². The van der Waals surface area contributed by atoms with Gasteiger partial charge in [0, 0.05) is 41.6 Å². The molecule has 1 aliphatic heterocycles. The highest BCUT2D eigenvalue weighted by Gasteiger charge is 2.44. The minimum atomic E-state index is -3.67. The second-order valence-corrected chi connectivity index (χ2v) is 6.12. The van der Waals surface area contributed by atoms with E-state index in [4.69, 9.17) is 5.26 Å². The Labute approximate surface area is 165 Å². The third-order valence-electron chi connectivity index (χ3n) is 4.24. The Morgan fingerprint density at radius 3 is 2.34 bits per heavy atom. The van der Waals surface area contributed by atoms with Gasteiger partial charge in [-0.05, 0) is 30.3 Å². The number of nitrogens with one attached hydrogen (secondary N) is 1. The fourth-order valence-electron chi connectivity index (χ4n) is 2.97. The van der Waals surface area contributed by atoms with Crippen LogP contribution in [-0.2, 0) is 0 Å². The van der Waals surface area contributed by atoms with Crippen LogP contribution in [0.15, 0.2) is 85.5 Å². The summed E-state index contributed by atoms with van der Waals surface area (Å²) in [5.41, 5.74) is 2.44. The second-order valence-electron chi connectivity index (χ2n) is 6.12. The molecule has 0 spiro atoms. The smallest absolute Gasteiger partial charge is 0.395 e. The van der Waals surface area contributed by atoms with Crippen LogP contribution in [0.4, 0.5) is 8.78 Å². The van der Waals surface area contributed by atoms with E-state index in [1.807, 2.05) is 48.8 Å². The molecule has 1 N–H and O–H groups in total. The number of alkyl halides is 2. The molecule has 0 fully saturated rings. The van der Waals surface area contributed by atoms with Crippen LogP contribution in [0.5, 0.6) is 11.5 Å². The maximum absolute atomic E-state index is 13.0. The second kappa shape index (κ2) is 7.52. The van der Waals surface area contributed by atoms with Crippen molar-refractivity contribution >= 4 is 0 Å². The first kappa shape index (κ1) is 18.3. The molecular weight excluding hydrogens is 376 g/mol. The molecule has 0 bridgehead atoms. The van der Waals surface area contributed by atoms with Gasteiger partial charge in [-0.2, -0.15) is 5.26 Å². The Morgan fingerprint density at radius 2 is 1.62 bits per heavy atom. The molecule has 4 aromatic rings. The highest BCUT2D eigenvalue weighted by Crippen LogP contribution is 2.47. The molecule has 0 aliphatic carbocycles. The lowest BCUT2D eigenvalue weighted by Gasteiger charge is -2.06. The SMILES string of the molecule is N#Cc1c[nH]cc1-c1cccc2c1OC(F)(F)O2.c1ccc(-n2cccc2)cc1. The van der Waals surface area contributed by atoms with Gasteiger partial charge in [0.15, 0.2) is 11.5 Å². The molecule has 1 aliphatic rings. The lowest BCUT2D eigenvalue weighted by atomic mass is 10.0. The molecule has 29 heavy (non-hydrogen) atoms. The van der Waals surface area contributed by atoms with E-state index >= 15 is 0 Å². The van der Waals surface area contributed by atoms with E-state index in [1.165, 1.54) is 18.0 Å². The number of benzene rings is 2. The largest absolute Gasteiger partial charge is 0.586 e. The average molecular weight is 391 g/mol. The minimum Gasteiger partial charge on any atom is -0.395 e. The Morgan fingerprint density at radius 1 is 0.862 bits per heavy atom.